The summed E-state index contributed by atoms with van der Waals surface area (Å²) in [6.45, 7) is 10.5. The predicted octanol–water partition coefficient (Wildman–Crippen LogP) is 2.58. The zero-order valence-corrected chi connectivity index (χ0v) is 18.3. The molecule has 0 N–H and O–H groups in total. The summed E-state index contributed by atoms with van der Waals surface area (Å²) in [5, 5.41) is 22.8. The lowest BCUT2D eigenvalue weighted by atomic mass is 9.92. The fourth-order valence-corrected chi connectivity index (χ4v) is 4.44. The Morgan fingerprint density at radius 2 is 1.77 bits per heavy atom. The lowest BCUT2D eigenvalue weighted by Crippen LogP contribution is -2.35. The standard InChI is InChI=1S/C22H30N8/c1-22(2,3)18-5-6-19-24-26-21(30(19)27-18)15-7-11-29(12-8-15)20-13-16-14-28(4)10-9-17(16)23-25-20/h5-6,13,15H,7-12,14H2,1-4H3. The second kappa shape index (κ2) is 7.27. The monoisotopic (exact) mass is 406 g/mol. The summed E-state index contributed by atoms with van der Waals surface area (Å²) >= 11 is 0. The zero-order valence-electron chi connectivity index (χ0n) is 18.3. The third-order valence-electron chi connectivity index (χ3n) is 6.36. The van der Waals surface area contributed by atoms with Crippen molar-refractivity contribution in [3.63, 3.8) is 0 Å². The third-order valence-corrected chi connectivity index (χ3v) is 6.36. The van der Waals surface area contributed by atoms with Crippen LogP contribution in [-0.2, 0) is 18.4 Å². The first-order chi connectivity index (χ1) is 14.4. The van der Waals surface area contributed by atoms with Gasteiger partial charge in [-0.25, -0.2) is 0 Å². The maximum atomic E-state index is 4.87. The molecule has 0 aromatic carbocycles. The van der Waals surface area contributed by atoms with Crippen molar-refractivity contribution in [3.8, 4) is 0 Å². The normalized spacial score (nSPS) is 18.7. The molecule has 8 nitrogen and oxygen atoms in total. The predicted molar refractivity (Wildman–Crippen MR) is 116 cm³/mol. The molecule has 1 fully saturated rings. The van der Waals surface area contributed by atoms with Crippen LogP contribution < -0.4 is 4.90 Å². The molecule has 3 aromatic heterocycles. The SMILES string of the molecule is CN1CCc2nnc(N3CCC(c4nnc5ccc(C(C)(C)C)nn45)CC3)cc2C1. The Bertz CT molecular complexity index is 1060. The molecule has 5 rings (SSSR count). The van der Waals surface area contributed by atoms with Gasteiger partial charge in [-0.05, 0) is 43.7 Å². The van der Waals surface area contributed by atoms with Crippen LogP contribution in [0.2, 0.25) is 0 Å². The van der Waals surface area contributed by atoms with Crippen LogP contribution in [-0.4, -0.2) is 61.6 Å². The number of hydrogen-bond acceptors (Lipinski definition) is 7. The highest BCUT2D eigenvalue weighted by Crippen LogP contribution is 2.30. The first-order valence-corrected chi connectivity index (χ1v) is 10.9. The molecule has 0 aliphatic carbocycles. The van der Waals surface area contributed by atoms with Crippen LogP contribution in [0.1, 0.15) is 62.3 Å². The maximum Gasteiger partial charge on any atom is 0.177 e. The molecule has 0 spiro atoms. The highest BCUT2D eigenvalue weighted by molar-refractivity contribution is 5.43. The molecule has 1 saturated heterocycles. The van der Waals surface area contributed by atoms with Crippen molar-refractivity contribution in [1.82, 2.24) is 34.9 Å². The highest BCUT2D eigenvalue weighted by Gasteiger charge is 2.27. The Balaban J connectivity index is 1.33. The largest absolute Gasteiger partial charge is 0.355 e. The second-order valence-corrected chi connectivity index (χ2v) is 9.72. The summed E-state index contributed by atoms with van der Waals surface area (Å²) < 4.78 is 1.95. The van der Waals surface area contributed by atoms with Crippen molar-refractivity contribution >= 4 is 11.5 Å². The van der Waals surface area contributed by atoms with Gasteiger partial charge >= 0.3 is 0 Å². The first kappa shape index (κ1) is 19.4. The minimum Gasteiger partial charge on any atom is -0.355 e. The van der Waals surface area contributed by atoms with E-state index in [1.54, 1.807) is 0 Å². The molecule has 3 aromatic rings. The van der Waals surface area contributed by atoms with E-state index in [1.165, 1.54) is 5.56 Å². The van der Waals surface area contributed by atoms with Crippen LogP contribution in [0.25, 0.3) is 5.65 Å². The van der Waals surface area contributed by atoms with Gasteiger partial charge in [0.1, 0.15) is 0 Å². The summed E-state index contributed by atoms with van der Waals surface area (Å²) in [4.78, 5) is 4.70. The Morgan fingerprint density at radius 1 is 0.967 bits per heavy atom. The van der Waals surface area contributed by atoms with Crippen LogP contribution >= 0.6 is 0 Å². The van der Waals surface area contributed by atoms with Crippen LogP contribution in [0.15, 0.2) is 18.2 Å². The van der Waals surface area contributed by atoms with Gasteiger partial charge in [-0.2, -0.15) is 14.7 Å². The van der Waals surface area contributed by atoms with E-state index in [4.69, 9.17) is 5.10 Å². The molecule has 0 saturated carbocycles. The molecule has 0 atom stereocenters. The van der Waals surface area contributed by atoms with E-state index in [-0.39, 0.29) is 5.41 Å². The number of likely N-dealkylation sites (N-methyl/N-ethyl adjacent to an activating group) is 1. The van der Waals surface area contributed by atoms with Crippen LogP contribution in [0.5, 0.6) is 0 Å². The lowest BCUT2D eigenvalue weighted by molar-refractivity contribution is 0.308. The lowest BCUT2D eigenvalue weighted by Gasteiger charge is -2.32. The second-order valence-electron chi connectivity index (χ2n) is 9.72. The van der Waals surface area contributed by atoms with Gasteiger partial charge in [-0.15, -0.1) is 15.3 Å². The van der Waals surface area contributed by atoms with E-state index < -0.39 is 0 Å². The Labute approximate surface area is 177 Å². The van der Waals surface area contributed by atoms with E-state index in [9.17, 15) is 0 Å². The number of nitrogens with zero attached hydrogens (tertiary/aromatic N) is 8. The van der Waals surface area contributed by atoms with Gasteiger partial charge in [-0.1, -0.05) is 20.8 Å². The minimum atomic E-state index is -0.00171. The Kier molecular flexibility index (Phi) is 4.69. The molecule has 2 aliphatic rings. The number of hydrogen-bond donors (Lipinski definition) is 0. The van der Waals surface area contributed by atoms with Crippen molar-refractivity contribution in [2.24, 2.45) is 0 Å². The fourth-order valence-electron chi connectivity index (χ4n) is 4.44. The summed E-state index contributed by atoms with van der Waals surface area (Å²) in [6.07, 6.45) is 3.02. The summed E-state index contributed by atoms with van der Waals surface area (Å²) in [7, 11) is 2.16. The van der Waals surface area contributed by atoms with Crippen LogP contribution in [0.4, 0.5) is 5.82 Å². The van der Waals surface area contributed by atoms with Gasteiger partial charge in [0.25, 0.3) is 0 Å². The third kappa shape index (κ3) is 3.53. The van der Waals surface area contributed by atoms with E-state index in [0.29, 0.717) is 5.92 Å². The molecule has 30 heavy (non-hydrogen) atoms. The van der Waals surface area contributed by atoms with Crippen molar-refractivity contribution in [3.05, 3.63) is 41.0 Å². The Morgan fingerprint density at radius 3 is 2.53 bits per heavy atom. The molecule has 0 amide bonds. The quantitative estimate of drug-likeness (QED) is 0.647. The first-order valence-electron chi connectivity index (χ1n) is 10.9. The van der Waals surface area contributed by atoms with Crippen molar-refractivity contribution in [2.45, 2.75) is 57.9 Å². The van der Waals surface area contributed by atoms with Gasteiger partial charge in [0.15, 0.2) is 17.3 Å². The van der Waals surface area contributed by atoms with E-state index in [2.05, 4.69) is 70.1 Å². The van der Waals surface area contributed by atoms with Crippen molar-refractivity contribution in [2.75, 3.05) is 31.6 Å². The van der Waals surface area contributed by atoms with Crippen molar-refractivity contribution in [1.29, 1.82) is 0 Å². The average molecular weight is 407 g/mol. The molecule has 5 heterocycles. The van der Waals surface area contributed by atoms with Gasteiger partial charge in [-0.3, -0.25) is 0 Å². The zero-order chi connectivity index (χ0) is 20.9. The maximum absolute atomic E-state index is 4.87. The smallest absolute Gasteiger partial charge is 0.177 e. The van der Waals surface area contributed by atoms with E-state index in [1.807, 2.05) is 10.6 Å². The molecule has 8 heteroatoms. The van der Waals surface area contributed by atoms with E-state index >= 15 is 0 Å². The summed E-state index contributed by atoms with van der Waals surface area (Å²) in [6, 6.07) is 6.32. The van der Waals surface area contributed by atoms with Crippen LogP contribution in [0, 0.1) is 0 Å². The molecule has 0 radical (unpaired) electrons. The van der Waals surface area contributed by atoms with Crippen molar-refractivity contribution < 1.29 is 0 Å². The topological polar surface area (TPSA) is 75.3 Å². The fraction of sp³-hybridized carbons (Fsp3) is 0.591. The number of piperidine rings is 1. The molecular formula is C22H30N8. The summed E-state index contributed by atoms with van der Waals surface area (Å²) in [5.74, 6) is 2.34. The van der Waals surface area contributed by atoms with E-state index in [0.717, 1.165) is 74.1 Å². The number of fused-ring (bicyclic) bond motifs is 2. The highest BCUT2D eigenvalue weighted by atomic mass is 15.4. The van der Waals surface area contributed by atoms with Gasteiger partial charge in [0.2, 0.25) is 0 Å². The number of aromatic nitrogens is 6. The van der Waals surface area contributed by atoms with Gasteiger partial charge in [0.05, 0.1) is 11.4 Å². The minimum absolute atomic E-state index is 0.00171. The Hall–Kier alpha value is -2.61. The number of rotatable bonds is 2. The molecule has 0 bridgehead atoms. The molecular weight excluding hydrogens is 376 g/mol. The number of anilines is 1. The molecule has 158 valence electrons. The van der Waals surface area contributed by atoms with Crippen LogP contribution in [0.3, 0.4) is 0 Å². The summed E-state index contributed by atoms with van der Waals surface area (Å²) in [5.41, 5.74) is 4.35. The van der Waals surface area contributed by atoms with Gasteiger partial charge in [0, 0.05) is 43.9 Å². The average Bonchev–Trinajstić information content (AvgIpc) is 3.16. The van der Waals surface area contributed by atoms with Gasteiger partial charge < -0.3 is 9.80 Å². The molecule has 2 aliphatic heterocycles. The molecule has 0 unspecified atom stereocenters.